The first-order valence-corrected chi connectivity index (χ1v) is 9.54. The van der Waals surface area contributed by atoms with Crippen LogP contribution in [0.2, 0.25) is 0 Å². The van der Waals surface area contributed by atoms with E-state index in [1.807, 2.05) is 6.07 Å². The molecule has 1 fully saturated rings. The molecule has 0 saturated carbocycles. The molecule has 0 N–H and O–H groups in total. The van der Waals surface area contributed by atoms with Crippen molar-refractivity contribution in [3.05, 3.63) is 65.7 Å². The number of esters is 1. The molecule has 7 nitrogen and oxygen atoms in total. The van der Waals surface area contributed by atoms with E-state index >= 15 is 0 Å². The lowest BCUT2D eigenvalue weighted by Gasteiger charge is -2.24. The molecule has 2 aliphatic rings. The Hall–Kier alpha value is -3.48. The van der Waals surface area contributed by atoms with Crippen LogP contribution in [0.4, 0.5) is 5.69 Å². The van der Waals surface area contributed by atoms with Crippen LogP contribution in [0.25, 0.3) is 0 Å². The molecule has 0 aromatic heterocycles. The smallest absolute Gasteiger partial charge is 0.327 e. The Morgan fingerprint density at radius 2 is 1.59 bits per heavy atom. The third-order valence-electron chi connectivity index (χ3n) is 5.16. The summed E-state index contributed by atoms with van der Waals surface area (Å²) in [6.07, 6.45) is 0.760. The number of ketones is 1. The molecule has 0 bridgehead atoms. The molecule has 7 heteroatoms. The Balaban J connectivity index is 1.53. The zero-order chi connectivity index (χ0) is 20.4. The molecular weight excluding hydrogens is 372 g/mol. The highest BCUT2D eigenvalue weighted by Gasteiger charge is 2.38. The summed E-state index contributed by atoms with van der Waals surface area (Å²) in [5.41, 5.74) is 1.21. The summed E-state index contributed by atoms with van der Waals surface area (Å²) >= 11 is 0. The van der Waals surface area contributed by atoms with E-state index in [2.05, 4.69) is 0 Å². The molecule has 2 heterocycles. The lowest BCUT2D eigenvalue weighted by molar-refractivity contribution is -0.159. The van der Waals surface area contributed by atoms with E-state index in [1.54, 1.807) is 53.4 Å². The zero-order valence-corrected chi connectivity index (χ0v) is 15.7. The van der Waals surface area contributed by atoms with Gasteiger partial charge in [0, 0.05) is 18.7 Å². The zero-order valence-electron chi connectivity index (χ0n) is 15.7. The highest BCUT2D eigenvalue weighted by atomic mass is 16.5. The number of benzene rings is 2. The second-order valence-electron chi connectivity index (χ2n) is 7.05. The number of rotatable bonds is 5. The van der Waals surface area contributed by atoms with Crippen molar-refractivity contribution < 1.29 is 23.9 Å². The predicted molar refractivity (Wildman–Crippen MR) is 104 cm³/mol. The van der Waals surface area contributed by atoms with Crippen molar-refractivity contribution in [2.45, 2.75) is 18.9 Å². The van der Waals surface area contributed by atoms with E-state index in [-0.39, 0.29) is 11.5 Å². The second kappa shape index (κ2) is 7.87. The average Bonchev–Trinajstić information content (AvgIpc) is 3.37. The van der Waals surface area contributed by atoms with Gasteiger partial charge < -0.3 is 9.64 Å². The maximum absolute atomic E-state index is 12.9. The maximum Gasteiger partial charge on any atom is 0.327 e. The Bertz CT molecular complexity index is 966. The van der Waals surface area contributed by atoms with Crippen LogP contribution in [0.3, 0.4) is 0 Å². The Morgan fingerprint density at radius 1 is 0.931 bits per heavy atom. The summed E-state index contributed by atoms with van der Waals surface area (Å²) in [6.45, 7) is 0.830. The standard InChI is InChI=1S/C22H20N2O5/c25-18(14-24-17-11-5-4-10-16(17)19(26)21(24)27)29-20(15-8-2-1-3-9-15)22(28)23-12-6-7-13-23/h1-5,8-11,20H,6-7,12-14H2/t20-/m1/s1. The number of nitrogens with zero attached hydrogens (tertiary/aromatic N) is 2. The van der Waals surface area contributed by atoms with Crippen LogP contribution in [0.15, 0.2) is 54.6 Å². The fourth-order valence-corrected chi connectivity index (χ4v) is 3.70. The highest BCUT2D eigenvalue weighted by molar-refractivity contribution is 6.52. The molecule has 2 amide bonds. The highest BCUT2D eigenvalue weighted by Crippen LogP contribution is 2.29. The molecular formula is C22H20N2O5. The SMILES string of the molecule is O=C(CN1C(=O)C(=O)c2ccccc21)O[C@@H](C(=O)N1CCCC1)c1ccccc1. The number of anilines is 1. The Morgan fingerprint density at radius 3 is 2.31 bits per heavy atom. The van der Waals surface area contributed by atoms with Crippen molar-refractivity contribution in [2.75, 3.05) is 24.5 Å². The van der Waals surface area contributed by atoms with Gasteiger partial charge in [-0.15, -0.1) is 0 Å². The first-order valence-electron chi connectivity index (χ1n) is 9.54. The summed E-state index contributed by atoms with van der Waals surface area (Å²) in [7, 11) is 0. The molecule has 1 saturated heterocycles. The second-order valence-corrected chi connectivity index (χ2v) is 7.05. The summed E-state index contributed by atoms with van der Waals surface area (Å²) in [6, 6.07) is 15.3. The number of hydrogen-bond donors (Lipinski definition) is 0. The van der Waals surface area contributed by atoms with Gasteiger partial charge in [0.05, 0.1) is 11.3 Å². The van der Waals surface area contributed by atoms with Crippen LogP contribution in [0, 0.1) is 0 Å². The van der Waals surface area contributed by atoms with E-state index in [0.717, 1.165) is 17.7 Å². The molecule has 0 radical (unpaired) electrons. The van der Waals surface area contributed by atoms with Crippen LogP contribution in [0.5, 0.6) is 0 Å². The van der Waals surface area contributed by atoms with Crippen LogP contribution in [-0.4, -0.2) is 48.1 Å². The first-order chi connectivity index (χ1) is 14.1. The van der Waals surface area contributed by atoms with Crippen LogP contribution < -0.4 is 4.90 Å². The van der Waals surface area contributed by atoms with Gasteiger partial charge >= 0.3 is 5.97 Å². The predicted octanol–water partition coefficient (Wildman–Crippen LogP) is 2.12. The lowest BCUT2D eigenvalue weighted by Crippen LogP contribution is -2.39. The number of carbonyl (C=O) groups is 4. The van der Waals surface area contributed by atoms with Crippen LogP contribution >= 0.6 is 0 Å². The van der Waals surface area contributed by atoms with Gasteiger partial charge in [0.2, 0.25) is 6.10 Å². The Labute approximate surface area is 167 Å². The molecule has 1 atom stereocenters. The summed E-state index contributed by atoms with van der Waals surface area (Å²) in [4.78, 5) is 52.8. The number of carbonyl (C=O) groups excluding carboxylic acids is 4. The fourth-order valence-electron chi connectivity index (χ4n) is 3.70. The molecule has 0 aliphatic carbocycles. The summed E-state index contributed by atoms with van der Waals surface area (Å²) < 4.78 is 5.54. The van der Waals surface area contributed by atoms with Gasteiger partial charge in [-0.3, -0.25) is 24.1 Å². The van der Waals surface area contributed by atoms with E-state index in [0.29, 0.717) is 24.3 Å². The number of Topliss-reactive ketones (excluding diaryl/α,β-unsaturated/α-hetero) is 1. The number of likely N-dealkylation sites (tertiary alicyclic amines) is 1. The van der Waals surface area contributed by atoms with Crippen molar-refractivity contribution in [1.29, 1.82) is 0 Å². The monoisotopic (exact) mass is 392 g/mol. The van der Waals surface area contributed by atoms with Gasteiger partial charge in [0.1, 0.15) is 6.54 Å². The van der Waals surface area contributed by atoms with Crippen molar-refractivity contribution in [3.8, 4) is 0 Å². The van der Waals surface area contributed by atoms with Gasteiger partial charge in [-0.2, -0.15) is 0 Å². The van der Waals surface area contributed by atoms with Gasteiger partial charge in [0.15, 0.2) is 0 Å². The fraction of sp³-hybridized carbons (Fsp3) is 0.273. The van der Waals surface area contributed by atoms with Crippen LogP contribution in [0.1, 0.15) is 34.9 Å². The van der Waals surface area contributed by atoms with Crippen molar-refractivity contribution in [2.24, 2.45) is 0 Å². The molecule has 0 unspecified atom stereocenters. The molecule has 2 aromatic carbocycles. The average molecular weight is 392 g/mol. The largest absolute Gasteiger partial charge is 0.446 e. The quantitative estimate of drug-likeness (QED) is 0.575. The van der Waals surface area contributed by atoms with Gasteiger partial charge in [-0.25, -0.2) is 0 Å². The molecule has 148 valence electrons. The van der Waals surface area contributed by atoms with Crippen LogP contribution in [-0.2, 0) is 19.1 Å². The van der Waals surface area contributed by atoms with E-state index in [9.17, 15) is 19.2 Å². The van der Waals surface area contributed by atoms with Gasteiger partial charge in [-0.1, -0.05) is 42.5 Å². The van der Waals surface area contributed by atoms with Crippen molar-refractivity contribution in [3.63, 3.8) is 0 Å². The molecule has 0 spiro atoms. The van der Waals surface area contributed by atoms with E-state index in [4.69, 9.17) is 4.74 Å². The summed E-state index contributed by atoms with van der Waals surface area (Å²) in [5.74, 6) is -2.44. The van der Waals surface area contributed by atoms with Gasteiger partial charge in [-0.05, 0) is 25.0 Å². The molecule has 4 rings (SSSR count). The number of para-hydroxylation sites is 1. The van der Waals surface area contributed by atoms with Gasteiger partial charge in [0.25, 0.3) is 17.6 Å². The number of hydrogen-bond acceptors (Lipinski definition) is 5. The Kier molecular flexibility index (Phi) is 5.12. The lowest BCUT2D eigenvalue weighted by atomic mass is 10.1. The van der Waals surface area contributed by atoms with Crippen molar-refractivity contribution >= 4 is 29.3 Å². The number of ether oxygens (including phenoxy) is 1. The first kappa shape index (κ1) is 18.9. The molecule has 29 heavy (non-hydrogen) atoms. The minimum absolute atomic E-state index is 0.262. The number of amides is 2. The normalized spacial score (nSPS) is 16.7. The van der Waals surface area contributed by atoms with E-state index < -0.39 is 30.3 Å². The van der Waals surface area contributed by atoms with E-state index in [1.165, 1.54) is 0 Å². The third kappa shape index (κ3) is 3.63. The molecule has 2 aromatic rings. The minimum Gasteiger partial charge on any atom is -0.446 e. The molecule has 2 aliphatic heterocycles. The number of fused-ring (bicyclic) bond motifs is 1. The summed E-state index contributed by atoms with van der Waals surface area (Å²) in [5, 5.41) is 0. The third-order valence-corrected chi connectivity index (χ3v) is 5.16. The topological polar surface area (TPSA) is 84.0 Å². The minimum atomic E-state index is -1.08. The van der Waals surface area contributed by atoms with Crippen molar-refractivity contribution in [1.82, 2.24) is 4.90 Å². The maximum atomic E-state index is 12.9.